The maximum Gasteiger partial charge on any atom is 0.336 e. The molecule has 1 aliphatic rings. The third-order valence-electron chi connectivity index (χ3n) is 3.85. The molecule has 0 aliphatic heterocycles. The molecular formula is C16H18FN3O3. The van der Waals surface area contributed by atoms with Crippen LogP contribution in [-0.2, 0) is 4.74 Å². The Hall–Kier alpha value is -2.28. The quantitative estimate of drug-likeness (QED) is 0.766. The number of hydrogen-bond donors (Lipinski definition) is 0. The highest BCUT2D eigenvalue weighted by Crippen LogP contribution is 2.30. The van der Waals surface area contributed by atoms with Gasteiger partial charge in [0.1, 0.15) is 12.4 Å². The smallest absolute Gasteiger partial charge is 0.336 e. The van der Waals surface area contributed by atoms with Crippen LogP contribution in [0.3, 0.4) is 0 Å². The first-order chi connectivity index (χ1) is 11.2. The van der Waals surface area contributed by atoms with Crippen molar-refractivity contribution < 1.29 is 18.7 Å². The van der Waals surface area contributed by atoms with Crippen LogP contribution in [0, 0.1) is 11.7 Å². The van der Waals surface area contributed by atoms with E-state index in [9.17, 15) is 9.18 Å². The fourth-order valence-corrected chi connectivity index (χ4v) is 2.37. The molecule has 1 aromatic heterocycles. The summed E-state index contributed by atoms with van der Waals surface area (Å²) in [6.45, 7) is 0.668. The second-order valence-corrected chi connectivity index (χ2v) is 5.45. The molecule has 122 valence electrons. The van der Waals surface area contributed by atoms with Crippen LogP contribution < -0.4 is 4.74 Å². The van der Waals surface area contributed by atoms with E-state index in [4.69, 9.17) is 9.47 Å². The van der Waals surface area contributed by atoms with Gasteiger partial charge in [-0.2, -0.15) is 9.67 Å². The lowest BCUT2D eigenvalue weighted by Crippen LogP contribution is -2.28. The number of ether oxygens (including phenoxy) is 2. The molecule has 0 N–H and O–H groups in total. The van der Waals surface area contributed by atoms with Crippen molar-refractivity contribution >= 4 is 5.91 Å². The van der Waals surface area contributed by atoms with Gasteiger partial charge in [-0.1, -0.05) is 18.6 Å². The number of carbonyl (C=O) groups is 1. The summed E-state index contributed by atoms with van der Waals surface area (Å²) < 4.78 is 25.0. The van der Waals surface area contributed by atoms with Crippen LogP contribution in [0.1, 0.15) is 24.1 Å². The second-order valence-electron chi connectivity index (χ2n) is 5.45. The molecule has 1 aliphatic carbocycles. The highest BCUT2D eigenvalue weighted by atomic mass is 19.1. The number of rotatable bonds is 6. The minimum atomic E-state index is -0.394. The van der Waals surface area contributed by atoms with E-state index in [1.165, 1.54) is 16.8 Å². The predicted octanol–water partition coefficient (Wildman–Crippen LogP) is 2.55. The van der Waals surface area contributed by atoms with Gasteiger partial charge in [-0.25, -0.2) is 4.39 Å². The molecule has 3 rings (SSSR count). The second kappa shape index (κ2) is 6.87. The van der Waals surface area contributed by atoms with Crippen molar-refractivity contribution in [1.82, 2.24) is 14.8 Å². The molecule has 0 bridgehead atoms. The fraction of sp³-hybridized carbons (Fsp3) is 0.438. The molecule has 23 heavy (non-hydrogen) atoms. The maximum atomic E-state index is 13.5. The normalized spacial score (nSPS) is 14.5. The molecule has 0 amide bonds. The Morgan fingerprint density at radius 2 is 2.22 bits per heavy atom. The van der Waals surface area contributed by atoms with E-state index in [0.717, 1.165) is 19.3 Å². The van der Waals surface area contributed by atoms with Gasteiger partial charge >= 0.3 is 6.01 Å². The van der Waals surface area contributed by atoms with Crippen molar-refractivity contribution in [3.8, 4) is 17.4 Å². The lowest BCUT2D eigenvalue weighted by molar-refractivity contribution is 0.0746. The monoisotopic (exact) mass is 319 g/mol. The number of hydrogen-bond acceptors (Lipinski definition) is 5. The van der Waals surface area contributed by atoms with E-state index in [-0.39, 0.29) is 24.4 Å². The molecule has 0 atom stereocenters. The summed E-state index contributed by atoms with van der Waals surface area (Å²) in [6.07, 6.45) is 2.74. The zero-order valence-corrected chi connectivity index (χ0v) is 12.9. The summed E-state index contributed by atoms with van der Waals surface area (Å²) in [5.41, 5.74) is 0.492. The number of benzene rings is 1. The molecule has 1 fully saturated rings. The number of methoxy groups -OCH3 is 1. The summed E-state index contributed by atoms with van der Waals surface area (Å²) >= 11 is 0. The van der Waals surface area contributed by atoms with E-state index in [1.807, 2.05) is 0 Å². The summed E-state index contributed by atoms with van der Waals surface area (Å²) in [5, 5.41) is 4.15. The van der Waals surface area contributed by atoms with Crippen LogP contribution in [0.2, 0.25) is 0 Å². The number of aromatic nitrogens is 3. The van der Waals surface area contributed by atoms with Gasteiger partial charge in [0, 0.05) is 18.6 Å². The van der Waals surface area contributed by atoms with E-state index in [2.05, 4.69) is 10.1 Å². The summed E-state index contributed by atoms with van der Waals surface area (Å²) in [6, 6.07) is 6.02. The van der Waals surface area contributed by atoms with Crippen LogP contribution in [0.15, 0.2) is 24.3 Å². The Kier molecular flexibility index (Phi) is 4.66. The van der Waals surface area contributed by atoms with E-state index < -0.39 is 5.82 Å². The van der Waals surface area contributed by atoms with Crippen LogP contribution in [-0.4, -0.2) is 41.0 Å². The first-order valence-electron chi connectivity index (χ1n) is 7.58. The minimum Gasteiger partial charge on any atom is -0.460 e. The molecule has 0 saturated heterocycles. The zero-order chi connectivity index (χ0) is 16.2. The van der Waals surface area contributed by atoms with Crippen molar-refractivity contribution in [3.05, 3.63) is 30.1 Å². The van der Waals surface area contributed by atoms with Crippen LogP contribution >= 0.6 is 0 Å². The Balaban J connectivity index is 1.92. The molecule has 2 aromatic rings. The molecule has 0 unspecified atom stereocenters. The van der Waals surface area contributed by atoms with Gasteiger partial charge in [0.2, 0.25) is 0 Å². The lowest BCUT2D eigenvalue weighted by Gasteiger charge is -2.23. The van der Waals surface area contributed by atoms with Gasteiger partial charge in [-0.15, -0.1) is 5.10 Å². The standard InChI is InChI=1S/C16H18FN3O3/c1-22-8-9-23-16-18-14(12-6-3-7-13(17)10-12)20(19-16)15(21)11-4-2-5-11/h3,6-7,10-11H,2,4-5,8-9H2,1H3. The highest BCUT2D eigenvalue weighted by Gasteiger charge is 2.30. The summed E-state index contributed by atoms with van der Waals surface area (Å²) in [7, 11) is 1.56. The van der Waals surface area contributed by atoms with Gasteiger partial charge in [0.25, 0.3) is 5.91 Å². The molecule has 7 heteroatoms. The molecule has 1 heterocycles. The molecule has 0 spiro atoms. The Bertz CT molecular complexity index is 698. The number of halogens is 1. The Labute approximate surface area is 133 Å². The molecular weight excluding hydrogens is 301 g/mol. The largest absolute Gasteiger partial charge is 0.460 e. The van der Waals surface area contributed by atoms with Crippen molar-refractivity contribution in [2.45, 2.75) is 19.3 Å². The maximum absolute atomic E-state index is 13.5. The van der Waals surface area contributed by atoms with E-state index >= 15 is 0 Å². The first-order valence-corrected chi connectivity index (χ1v) is 7.58. The third-order valence-corrected chi connectivity index (χ3v) is 3.85. The number of carbonyl (C=O) groups excluding carboxylic acids is 1. The molecule has 6 nitrogen and oxygen atoms in total. The van der Waals surface area contributed by atoms with Crippen LogP contribution in [0.5, 0.6) is 6.01 Å². The third kappa shape index (κ3) is 3.39. The topological polar surface area (TPSA) is 66.2 Å². The van der Waals surface area contributed by atoms with Gasteiger partial charge < -0.3 is 9.47 Å². The van der Waals surface area contributed by atoms with Gasteiger partial charge in [-0.05, 0) is 25.0 Å². The van der Waals surface area contributed by atoms with Crippen LogP contribution in [0.4, 0.5) is 4.39 Å². The first kappa shape index (κ1) is 15.6. The van der Waals surface area contributed by atoms with Gasteiger partial charge in [0.15, 0.2) is 5.82 Å². The lowest BCUT2D eigenvalue weighted by atomic mass is 9.85. The highest BCUT2D eigenvalue weighted by molar-refractivity contribution is 5.84. The molecule has 0 radical (unpaired) electrons. The summed E-state index contributed by atoms with van der Waals surface area (Å²) in [5.74, 6) is -0.260. The van der Waals surface area contributed by atoms with Crippen molar-refractivity contribution in [2.24, 2.45) is 5.92 Å². The SMILES string of the molecule is COCCOc1nc(-c2cccc(F)c2)n(C(=O)C2CCC2)n1. The zero-order valence-electron chi connectivity index (χ0n) is 12.9. The average molecular weight is 319 g/mol. The number of nitrogens with zero attached hydrogens (tertiary/aromatic N) is 3. The molecule has 1 aromatic carbocycles. The van der Waals surface area contributed by atoms with Crippen LogP contribution in [0.25, 0.3) is 11.4 Å². The molecule has 1 saturated carbocycles. The van der Waals surface area contributed by atoms with Gasteiger partial charge in [-0.3, -0.25) is 4.79 Å². The fourth-order valence-electron chi connectivity index (χ4n) is 2.37. The Morgan fingerprint density at radius 3 is 2.87 bits per heavy atom. The average Bonchev–Trinajstić information content (AvgIpc) is 2.90. The van der Waals surface area contributed by atoms with Gasteiger partial charge in [0.05, 0.1) is 6.61 Å². The summed E-state index contributed by atoms with van der Waals surface area (Å²) in [4.78, 5) is 16.8. The van der Waals surface area contributed by atoms with E-state index in [0.29, 0.717) is 18.0 Å². The van der Waals surface area contributed by atoms with E-state index in [1.54, 1.807) is 19.2 Å². The predicted molar refractivity (Wildman–Crippen MR) is 80.8 cm³/mol. The minimum absolute atomic E-state index is 0.0455. The Morgan fingerprint density at radius 1 is 1.39 bits per heavy atom. The van der Waals surface area contributed by atoms with Crippen molar-refractivity contribution in [3.63, 3.8) is 0 Å². The van der Waals surface area contributed by atoms with Crippen molar-refractivity contribution in [2.75, 3.05) is 20.3 Å². The van der Waals surface area contributed by atoms with Crippen molar-refractivity contribution in [1.29, 1.82) is 0 Å².